The lowest BCUT2D eigenvalue weighted by Crippen LogP contribution is -1.97. The number of hydrogen-bond acceptors (Lipinski definition) is 2. The van der Waals surface area contributed by atoms with E-state index in [9.17, 15) is 0 Å². The first-order valence-corrected chi connectivity index (χ1v) is 4.09. The molecule has 8 heavy (non-hydrogen) atoms. The Labute approximate surface area is 54.5 Å². The normalized spacial score (nSPS) is 35.2. The minimum atomic E-state index is 0.384. The van der Waals surface area contributed by atoms with Gasteiger partial charge in [-0.3, -0.25) is 0 Å². The first kappa shape index (κ1) is 6.43. The lowest BCUT2D eigenvalue weighted by molar-refractivity contribution is 0.301. The highest BCUT2D eigenvalue weighted by Gasteiger charge is 2.35. The van der Waals surface area contributed by atoms with Gasteiger partial charge in [-0.1, -0.05) is 13.3 Å². The van der Waals surface area contributed by atoms with Gasteiger partial charge in [-0.2, -0.15) is 11.8 Å². The second kappa shape index (κ2) is 2.74. The first-order chi connectivity index (χ1) is 3.88. The molecule has 0 bridgehead atoms. The van der Waals surface area contributed by atoms with Gasteiger partial charge in [0.05, 0.1) is 6.61 Å². The van der Waals surface area contributed by atoms with Crippen LogP contribution in [0.15, 0.2) is 0 Å². The Hall–Kier alpha value is 0.310. The minimum absolute atomic E-state index is 0.384. The molecule has 0 unspecified atom stereocenters. The average Bonchev–Trinajstić information content (AvgIpc) is 2.48. The zero-order valence-electron chi connectivity index (χ0n) is 5.13. The Balaban J connectivity index is 1.99. The van der Waals surface area contributed by atoms with E-state index in [0.29, 0.717) is 11.9 Å². The van der Waals surface area contributed by atoms with Crippen molar-refractivity contribution in [3.63, 3.8) is 0 Å². The highest BCUT2D eigenvalue weighted by atomic mass is 32.2. The summed E-state index contributed by atoms with van der Waals surface area (Å²) in [7, 11) is 0. The number of thioether (sulfide) groups is 1. The summed E-state index contributed by atoms with van der Waals surface area (Å²) in [5, 5.41) is 9.97. The van der Waals surface area contributed by atoms with Crippen molar-refractivity contribution in [1.29, 1.82) is 0 Å². The first-order valence-electron chi connectivity index (χ1n) is 3.14. The van der Waals surface area contributed by atoms with Crippen molar-refractivity contribution < 1.29 is 5.11 Å². The Kier molecular flexibility index (Phi) is 2.20. The van der Waals surface area contributed by atoms with Gasteiger partial charge in [0.2, 0.25) is 0 Å². The number of aliphatic hydroxyl groups excluding tert-OH is 1. The second-order valence-corrected chi connectivity index (χ2v) is 3.67. The molecule has 1 nitrogen and oxygen atoms in total. The summed E-state index contributed by atoms with van der Waals surface area (Å²) in [6, 6.07) is 0. The van der Waals surface area contributed by atoms with Crippen LogP contribution in [0.4, 0.5) is 0 Å². The molecule has 2 atom stereocenters. The van der Waals surface area contributed by atoms with Crippen LogP contribution in [-0.2, 0) is 0 Å². The zero-order chi connectivity index (χ0) is 5.98. The highest BCUT2D eigenvalue weighted by molar-refractivity contribution is 8.07. The van der Waals surface area contributed by atoms with Crippen molar-refractivity contribution in [2.75, 3.05) is 6.61 Å². The van der Waals surface area contributed by atoms with Gasteiger partial charge in [-0.05, 0) is 6.42 Å². The van der Waals surface area contributed by atoms with Gasteiger partial charge in [-0.15, -0.1) is 0 Å². The highest BCUT2D eigenvalue weighted by Crippen LogP contribution is 2.43. The summed E-state index contributed by atoms with van der Waals surface area (Å²) in [6.07, 6.45) is 2.55. The molecule has 0 aromatic rings. The maximum atomic E-state index is 8.58. The van der Waals surface area contributed by atoms with Crippen molar-refractivity contribution >= 4 is 11.8 Å². The Morgan fingerprint density at radius 1 is 1.50 bits per heavy atom. The van der Waals surface area contributed by atoms with Gasteiger partial charge < -0.3 is 5.11 Å². The van der Waals surface area contributed by atoms with E-state index in [2.05, 4.69) is 6.92 Å². The van der Waals surface area contributed by atoms with Crippen LogP contribution in [0, 0.1) is 0 Å². The molecule has 1 aliphatic rings. The number of hydrogen-bond donors (Lipinski definition) is 1. The molecule has 1 heterocycles. The molecule has 0 aliphatic carbocycles. The maximum absolute atomic E-state index is 8.58. The molecule has 0 saturated carbocycles. The largest absolute Gasteiger partial charge is 0.395 e. The lowest BCUT2D eigenvalue weighted by atomic mass is 10.2. The molecule has 0 aromatic heterocycles. The number of aliphatic hydroxyl groups is 1. The van der Waals surface area contributed by atoms with E-state index < -0.39 is 0 Å². The summed E-state index contributed by atoms with van der Waals surface area (Å²) in [6.45, 7) is 2.57. The van der Waals surface area contributed by atoms with Gasteiger partial charge in [0.25, 0.3) is 0 Å². The van der Waals surface area contributed by atoms with E-state index in [4.69, 9.17) is 5.11 Å². The van der Waals surface area contributed by atoms with Crippen LogP contribution >= 0.6 is 11.8 Å². The predicted molar refractivity (Wildman–Crippen MR) is 37.2 cm³/mol. The molecule has 1 rings (SSSR count). The van der Waals surface area contributed by atoms with E-state index in [1.165, 1.54) is 12.8 Å². The summed E-state index contributed by atoms with van der Waals surface area (Å²) in [5.74, 6) is 0. The third kappa shape index (κ3) is 1.39. The Morgan fingerprint density at radius 3 is 2.62 bits per heavy atom. The van der Waals surface area contributed by atoms with E-state index in [-0.39, 0.29) is 0 Å². The molecule has 2 heteroatoms. The predicted octanol–water partition coefficient (Wildman–Crippen LogP) is 1.26. The standard InChI is InChI=1S/C6H12OS/c1-2-3-5-6(4-7)8-5/h5-7H,2-4H2,1H3/t5-,6-/m0/s1. The number of rotatable bonds is 3. The van der Waals surface area contributed by atoms with Crippen LogP contribution in [-0.4, -0.2) is 22.2 Å². The third-order valence-electron chi connectivity index (χ3n) is 1.44. The van der Waals surface area contributed by atoms with Crippen molar-refractivity contribution in [3.05, 3.63) is 0 Å². The van der Waals surface area contributed by atoms with Crippen molar-refractivity contribution in [1.82, 2.24) is 0 Å². The van der Waals surface area contributed by atoms with Crippen LogP contribution < -0.4 is 0 Å². The quantitative estimate of drug-likeness (QED) is 0.583. The van der Waals surface area contributed by atoms with Crippen LogP contribution in [0.5, 0.6) is 0 Å². The van der Waals surface area contributed by atoms with Gasteiger partial charge in [0.15, 0.2) is 0 Å². The van der Waals surface area contributed by atoms with Crippen LogP contribution in [0.1, 0.15) is 19.8 Å². The Bertz CT molecular complexity index is 74.9. The molecule has 1 aliphatic heterocycles. The fourth-order valence-electron chi connectivity index (χ4n) is 0.878. The third-order valence-corrected chi connectivity index (χ3v) is 2.87. The molecule has 48 valence electrons. The monoisotopic (exact) mass is 132 g/mol. The molecule has 1 saturated heterocycles. The van der Waals surface area contributed by atoms with Crippen LogP contribution in [0.25, 0.3) is 0 Å². The Morgan fingerprint density at radius 2 is 2.25 bits per heavy atom. The van der Waals surface area contributed by atoms with Gasteiger partial charge in [0.1, 0.15) is 0 Å². The summed E-state index contributed by atoms with van der Waals surface area (Å²) < 4.78 is 0. The second-order valence-electron chi connectivity index (χ2n) is 2.18. The smallest absolute Gasteiger partial charge is 0.0560 e. The molecule has 1 N–H and O–H groups in total. The molecular formula is C6H12OS. The van der Waals surface area contributed by atoms with Crippen molar-refractivity contribution in [2.24, 2.45) is 0 Å². The van der Waals surface area contributed by atoms with E-state index >= 15 is 0 Å². The van der Waals surface area contributed by atoms with Gasteiger partial charge >= 0.3 is 0 Å². The van der Waals surface area contributed by atoms with Gasteiger partial charge in [-0.25, -0.2) is 0 Å². The van der Waals surface area contributed by atoms with Crippen molar-refractivity contribution in [3.8, 4) is 0 Å². The van der Waals surface area contributed by atoms with Crippen molar-refractivity contribution in [2.45, 2.75) is 30.3 Å². The van der Waals surface area contributed by atoms with E-state index in [1.807, 2.05) is 11.8 Å². The maximum Gasteiger partial charge on any atom is 0.0560 e. The topological polar surface area (TPSA) is 20.2 Å². The fraction of sp³-hybridized carbons (Fsp3) is 1.00. The molecular weight excluding hydrogens is 120 g/mol. The van der Waals surface area contributed by atoms with Crippen LogP contribution in [0.2, 0.25) is 0 Å². The summed E-state index contributed by atoms with van der Waals surface area (Å²) in [4.78, 5) is 0. The molecule has 1 fully saturated rings. The minimum Gasteiger partial charge on any atom is -0.395 e. The molecule has 0 aromatic carbocycles. The molecule has 0 spiro atoms. The molecule has 0 amide bonds. The van der Waals surface area contributed by atoms with Crippen LogP contribution in [0.3, 0.4) is 0 Å². The lowest BCUT2D eigenvalue weighted by Gasteiger charge is -1.87. The van der Waals surface area contributed by atoms with E-state index in [0.717, 1.165) is 5.25 Å². The van der Waals surface area contributed by atoms with Gasteiger partial charge in [0, 0.05) is 10.5 Å². The van der Waals surface area contributed by atoms with E-state index in [1.54, 1.807) is 0 Å². The average molecular weight is 132 g/mol. The summed E-state index contributed by atoms with van der Waals surface area (Å²) in [5.41, 5.74) is 0. The molecule has 0 radical (unpaired) electrons. The zero-order valence-corrected chi connectivity index (χ0v) is 5.95. The fourth-order valence-corrected chi connectivity index (χ4v) is 1.92. The SMILES string of the molecule is CCC[C@@H]1S[C@H]1CO. The summed E-state index contributed by atoms with van der Waals surface area (Å²) >= 11 is 1.91.